The highest BCUT2D eigenvalue weighted by Crippen LogP contribution is 2.28. The van der Waals surface area contributed by atoms with Crippen LogP contribution in [0, 0.1) is 17.0 Å². The van der Waals surface area contributed by atoms with Crippen LogP contribution < -0.4 is 5.32 Å². The maximum atomic E-state index is 10.9. The minimum atomic E-state index is -0.439. The molecule has 7 heteroatoms. The molecule has 1 aromatic heterocycles. The standard InChI is InChI=1S/C11H10ClN3O2S/c1-7-6-18-11(14-7)5-13-9-4-8(12)2-3-10(9)15(16)17/h2-4,6,13H,5H2,1H3. The topological polar surface area (TPSA) is 68.1 Å². The third-order valence-corrected chi connectivity index (χ3v) is 3.45. The molecule has 1 N–H and O–H groups in total. The number of nitrogens with zero attached hydrogens (tertiary/aromatic N) is 2. The molecule has 0 saturated carbocycles. The summed E-state index contributed by atoms with van der Waals surface area (Å²) >= 11 is 7.34. The molecule has 0 aliphatic heterocycles. The number of aryl methyl sites for hydroxylation is 1. The average molecular weight is 284 g/mol. The summed E-state index contributed by atoms with van der Waals surface area (Å²) in [7, 11) is 0. The first-order valence-electron chi connectivity index (χ1n) is 5.15. The van der Waals surface area contributed by atoms with E-state index in [0.29, 0.717) is 17.3 Å². The van der Waals surface area contributed by atoms with Gasteiger partial charge >= 0.3 is 0 Å². The zero-order valence-corrected chi connectivity index (χ0v) is 11.1. The Balaban J connectivity index is 2.17. The van der Waals surface area contributed by atoms with Crippen LogP contribution in [0.25, 0.3) is 0 Å². The molecule has 1 heterocycles. The van der Waals surface area contributed by atoms with Gasteiger partial charge < -0.3 is 5.32 Å². The van der Waals surface area contributed by atoms with E-state index in [9.17, 15) is 10.1 Å². The molecule has 0 aliphatic rings. The van der Waals surface area contributed by atoms with Crippen molar-refractivity contribution in [3.63, 3.8) is 0 Å². The van der Waals surface area contributed by atoms with Gasteiger partial charge in [0.05, 0.1) is 11.5 Å². The number of halogens is 1. The first-order valence-corrected chi connectivity index (χ1v) is 6.41. The predicted molar refractivity (Wildman–Crippen MR) is 72.3 cm³/mol. The van der Waals surface area contributed by atoms with E-state index < -0.39 is 4.92 Å². The van der Waals surface area contributed by atoms with Crippen LogP contribution in [0.5, 0.6) is 0 Å². The van der Waals surface area contributed by atoms with Crippen molar-refractivity contribution in [2.24, 2.45) is 0 Å². The Bertz CT molecular complexity index is 585. The van der Waals surface area contributed by atoms with Gasteiger partial charge in [-0.1, -0.05) is 11.6 Å². The molecular formula is C11H10ClN3O2S. The molecular weight excluding hydrogens is 274 g/mol. The molecule has 18 heavy (non-hydrogen) atoms. The molecule has 0 bridgehead atoms. The average Bonchev–Trinajstić information content (AvgIpc) is 2.72. The number of nitro groups is 1. The number of hydrogen-bond acceptors (Lipinski definition) is 5. The van der Waals surface area contributed by atoms with Crippen molar-refractivity contribution in [3.05, 3.63) is 49.4 Å². The highest BCUT2D eigenvalue weighted by Gasteiger charge is 2.13. The zero-order chi connectivity index (χ0) is 13.1. The van der Waals surface area contributed by atoms with E-state index in [1.54, 1.807) is 6.07 Å². The first-order chi connectivity index (χ1) is 8.56. The fourth-order valence-corrected chi connectivity index (χ4v) is 2.35. The summed E-state index contributed by atoms with van der Waals surface area (Å²) in [6, 6.07) is 4.43. The van der Waals surface area contributed by atoms with Crippen LogP contribution in [0.3, 0.4) is 0 Å². The quantitative estimate of drug-likeness (QED) is 0.687. The molecule has 2 rings (SSSR count). The molecule has 0 fully saturated rings. The Morgan fingerprint density at radius 2 is 2.33 bits per heavy atom. The van der Waals surface area contributed by atoms with Crippen molar-refractivity contribution in [2.45, 2.75) is 13.5 Å². The van der Waals surface area contributed by atoms with E-state index in [4.69, 9.17) is 11.6 Å². The third-order valence-electron chi connectivity index (χ3n) is 2.25. The van der Waals surface area contributed by atoms with E-state index in [1.165, 1.54) is 23.5 Å². The largest absolute Gasteiger partial charge is 0.373 e. The molecule has 0 spiro atoms. The maximum absolute atomic E-state index is 10.9. The third kappa shape index (κ3) is 2.96. The van der Waals surface area contributed by atoms with Crippen LogP contribution in [-0.2, 0) is 6.54 Å². The summed E-state index contributed by atoms with van der Waals surface area (Å²) in [6.07, 6.45) is 0. The van der Waals surface area contributed by atoms with Crippen molar-refractivity contribution >= 4 is 34.3 Å². The van der Waals surface area contributed by atoms with Crippen molar-refractivity contribution < 1.29 is 4.92 Å². The smallest absolute Gasteiger partial charge is 0.292 e. The molecule has 1 aromatic carbocycles. The number of hydrogen-bond donors (Lipinski definition) is 1. The summed E-state index contributed by atoms with van der Waals surface area (Å²) in [5.41, 5.74) is 1.35. The monoisotopic (exact) mass is 283 g/mol. The molecule has 0 radical (unpaired) electrons. The zero-order valence-electron chi connectivity index (χ0n) is 9.51. The minimum absolute atomic E-state index is 0.00711. The van der Waals surface area contributed by atoms with Crippen molar-refractivity contribution in [1.82, 2.24) is 4.98 Å². The lowest BCUT2D eigenvalue weighted by Crippen LogP contribution is -2.02. The molecule has 0 amide bonds. The van der Waals surface area contributed by atoms with Gasteiger partial charge in [0.25, 0.3) is 5.69 Å². The maximum Gasteiger partial charge on any atom is 0.292 e. The normalized spacial score (nSPS) is 10.3. The molecule has 0 unspecified atom stereocenters. The van der Waals surface area contributed by atoms with Gasteiger partial charge in [0, 0.05) is 22.2 Å². The lowest BCUT2D eigenvalue weighted by molar-refractivity contribution is -0.384. The number of anilines is 1. The summed E-state index contributed by atoms with van der Waals surface area (Å²) in [6.45, 7) is 2.35. The highest BCUT2D eigenvalue weighted by molar-refractivity contribution is 7.09. The molecule has 5 nitrogen and oxygen atoms in total. The Labute approximate surface area is 113 Å². The number of nitrogens with one attached hydrogen (secondary N) is 1. The van der Waals surface area contributed by atoms with Crippen molar-refractivity contribution in [3.8, 4) is 0 Å². The van der Waals surface area contributed by atoms with Gasteiger partial charge in [0.1, 0.15) is 10.7 Å². The van der Waals surface area contributed by atoms with Crippen LogP contribution >= 0.6 is 22.9 Å². The SMILES string of the molecule is Cc1csc(CNc2cc(Cl)ccc2[N+](=O)[O-])n1. The van der Waals surface area contributed by atoms with Crippen LogP contribution in [-0.4, -0.2) is 9.91 Å². The van der Waals surface area contributed by atoms with Crippen molar-refractivity contribution in [2.75, 3.05) is 5.32 Å². The number of aromatic nitrogens is 1. The van der Waals surface area contributed by atoms with Gasteiger partial charge in [-0.25, -0.2) is 4.98 Å². The second-order valence-electron chi connectivity index (χ2n) is 3.65. The Morgan fingerprint density at radius 3 is 2.94 bits per heavy atom. The van der Waals surface area contributed by atoms with E-state index in [0.717, 1.165) is 10.7 Å². The number of benzene rings is 1. The van der Waals surface area contributed by atoms with Gasteiger partial charge in [-0.2, -0.15) is 0 Å². The first kappa shape index (κ1) is 12.8. The lowest BCUT2D eigenvalue weighted by atomic mass is 10.2. The van der Waals surface area contributed by atoms with Crippen LogP contribution in [0.4, 0.5) is 11.4 Å². The Hall–Kier alpha value is -1.66. The summed E-state index contributed by atoms with van der Waals surface area (Å²) in [5, 5.41) is 17.1. The molecule has 94 valence electrons. The Morgan fingerprint density at radius 1 is 1.56 bits per heavy atom. The van der Waals surface area contributed by atoms with E-state index >= 15 is 0 Å². The summed E-state index contributed by atoms with van der Waals surface area (Å²) < 4.78 is 0. The Kier molecular flexibility index (Phi) is 3.78. The van der Waals surface area contributed by atoms with Gasteiger partial charge in [-0.15, -0.1) is 11.3 Å². The van der Waals surface area contributed by atoms with E-state index in [1.807, 2.05) is 12.3 Å². The van der Waals surface area contributed by atoms with Gasteiger partial charge in [-0.05, 0) is 19.1 Å². The van der Waals surface area contributed by atoms with Gasteiger partial charge in [0.2, 0.25) is 0 Å². The second kappa shape index (κ2) is 5.32. The van der Waals surface area contributed by atoms with Crippen LogP contribution in [0.2, 0.25) is 5.02 Å². The van der Waals surface area contributed by atoms with Crippen molar-refractivity contribution in [1.29, 1.82) is 0 Å². The summed E-state index contributed by atoms with van der Waals surface area (Å²) in [5.74, 6) is 0. The van der Waals surface area contributed by atoms with Crippen LogP contribution in [0.15, 0.2) is 23.6 Å². The number of rotatable bonds is 4. The van der Waals surface area contributed by atoms with E-state index in [-0.39, 0.29) is 5.69 Å². The predicted octanol–water partition coefficient (Wildman–Crippen LogP) is 3.63. The molecule has 0 saturated heterocycles. The minimum Gasteiger partial charge on any atom is -0.373 e. The van der Waals surface area contributed by atoms with E-state index in [2.05, 4.69) is 10.3 Å². The summed E-state index contributed by atoms with van der Waals surface area (Å²) in [4.78, 5) is 14.7. The lowest BCUT2D eigenvalue weighted by Gasteiger charge is -2.05. The van der Waals surface area contributed by atoms with Crippen LogP contribution in [0.1, 0.15) is 10.7 Å². The molecule has 0 atom stereocenters. The van der Waals surface area contributed by atoms with Gasteiger partial charge in [0.15, 0.2) is 0 Å². The molecule has 2 aromatic rings. The number of thiazole rings is 1. The number of nitro benzene ring substituents is 1. The molecule has 0 aliphatic carbocycles. The highest BCUT2D eigenvalue weighted by atomic mass is 35.5. The fraction of sp³-hybridized carbons (Fsp3) is 0.182. The fourth-order valence-electron chi connectivity index (χ4n) is 1.46. The second-order valence-corrected chi connectivity index (χ2v) is 5.03. The van der Waals surface area contributed by atoms with Gasteiger partial charge in [-0.3, -0.25) is 10.1 Å².